The standard InChI is InChI=1S/C17H18ClN3O/c18-16-10-15(6-7-19-16)20-11-13-3-1-4-14(9-13)12-21-8-2-5-17(21)22/h1,3-4,6-7,9-10H,2,5,8,11-12H2,(H,19,20). The summed E-state index contributed by atoms with van der Waals surface area (Å²) >= 11 is 5.87. The highest BCUT2D eigenvalue weighted by Crippen LogP contribution is 2.17. The van der Waals surface area contributed by atoms with Gasteiger partial charge in [-0.2, -0.15) is 0 Å². The number of rotatable bonds is 5. The molecule has 1 aliphatic rings. The number of hydrogen-bond donors (Lipinski definition) is 1. The molecule has 2 heterocycles. The normalized spacial score (nSPS) is 14.4. The van der Waals surface area contributed by atoms with Crippen LogP contribution in [0.25, 0.3) is 0 Å². The van der Waals surface area contributed by atoms with E-state index < -0.39 is 0 Å². The second kappa shape index (κ2) is 6.79. The quantitative estimate of drug-likeness (QED) is 0.859. The maximum Gasteiger partial charge on any atom is 0.222 e. The molecule has 0 spiro atoms. The summed E-state index contributed by atoms with van der Waals surface area (Å²) in [7, 11) is 0. The van der Waals surface area contributed by atoms with Crippen LogP contribution in [0.4, 0.5) is 5.69 Å². The fourth-order valence-corrected chi connectivity index (χ4v) is 2.82. The van der Waals surface area contributed by atoms with E-state index in [4.69, 9.17) is 11.6 Å². The van der Waals surface area contributed by atoms with E-state index in [-0.39, 0.29) is 5.91 Å². The van der Waals surface area contributed by atoms with Crippen molar-refractivity contribution in [1.29, 1.82) is 0 Å². The average Bonchev–Trinajstić information content (AvgIpc) is 2.91. The predicted octanol–water partition coefficient (Wildman–Crippen LogP) is 3.47. The third-order valence-corrected chi connectivity index (χ3v) is 3.97. The summed E-state index contributed by atoms with van der Waals surface area (Å²) in [6.45, 7) is 2.28. The van der Waals surface area contributed by atoms with E-state index in [0.717, 1.165) is 18.7 Å². The van der Waals surface area contributed by atoms with Gasteiger partial charge in [-0.3, -0.25) is 4.79 Å². The van der Waals surface area contributed by atoms with Gasteiger partial charge in [0.1, 0.15) is 5.15 Å². The van der Waals surface area contributed by atoms with E-state index in [1.54, 1.807) is 12.3 Å². The summed E-state index contributed by atoms with van der Waals surface area (Å²) < 4.78 is 0. The molecule has 1 saturated heterocycles. The van der Waals surface area contributed by atoms with Gasteiger partial charge in [0, 0.05) is 37.9 Å². The number of halogens is 1. The van der Waals surface area contributed by atoms with Crippen LogP contribution in [0.2, 0.25) is 5.15 Å². The van der Waals surface area contributed by atoms with E-state index in [0.29, 0.717) is 24.7 Å². The number of nitrogens with zero attached hydrogens (tertiary/aromatic N) is 2. The highest BCUT2D eigenvalue weighted by molar-refractivity contribution is 6.29. The van der Waals surface area contributed by atoms with Gasteiger partial charge in [0.15, 0.2) is 0 Å². The molecule has 0 saturated carbocycles. The Kier molecular flexibility index (Phi) is 4.59. The molecule has 1 aromatic carbocycles. The molecule has 1 aliphatic heterocycles. The van der Waals surface area contributed by atoms with Crippen molar-refractivity contribution >= 4 is 23.2 Å². The Morgan fingerprint density at radius 1 is 1.23 bits per heavy atom. The van der Waals surface area contributed by atoms with Crippen LogP contribution in [0.5, 0.6) is 0 Å². The molecular weight excluding hydrogens is 298 g/mol. The van der Waals surface area contributed by atoms with Crippen LogP contribution in [0.15, 0.2) is 42.6 Å². The summed E-state index contributed by atoms with van der Waals surface area (Å²) in [5.74, 6) is 0.259. The minimum Gasteiger partial charge on any atom is -0.381 e. The van der Waals surface area contributed by atoms with Crippen molar-refractivity contribution in [2.45, 2.75) is 25.9 Å². The largest absolute Gasteiger partial charge is 0.381 e. The van der Waals surface area contributed by atoms with Crippen LogP contribution in [0.3, 0.4) is 0 Å². The first-order chi connectivity index (χ1) is 10.7. The molecule has 0 unspecified atom stereocenters. The maximum atomic E-state index is 11.7. The first-order valence-corrected chi connectivity index (χ1v) is 7.79. The smallest absolute Gasteiger partial charge is 0.222 e. The Morgan fingerprint density at radius 3 is 2.86 bits per heavy atom. The van der Waals surface area contributed by atoms with Gasteiger partial charge in [-0.15, -0.1) is 0 Å². The van der Waals surface area contributed by atoms with Crippen LogP contribution >= 0.6 is 11.6 Å². The topological polar surface area (TPSA) is 45.2 Å². The van der Waals surface area contributed by atoms with Crippen molar-refractivity contribution in [2.75, 3.05) is 11.9 Å². The minimum absolute atomic E-state index is 0.259. The number of pyridine rings is 1. The molecular formula is C17H18ClN3O. The summed E-state index contributed by atoms with van der Waals surface area (Å²) in [6, 6.07) is 12.0. The van der Waals surface area contributed by atoms with Gasteiger partial charge in [0.25, 0.3) is 0 Å². The Balaban J connectivity index is 1.62. The molecule has 2 aromatic rings. The number of amides is 1. The zero-order valence-corrected chi connectivity index (χ0v) is 13.0. The third kappa shape index (κ3) is 3.77. The zero-order chi connectivity index (χ0) is 15.4. The number of likely N-dealkylation sites (tertiary alicyclic amines) is 1. The second-order valence-electron chi connectivity index (χ2n) is 5.46. The van der Waals surface area contributed by atoms with Gasteiger partial charge in [-0.1, -0.05) is 35.9 Å². The maximum absolute atomic E-state index is 11.7. The van der Waals surface area contributed by atoms with Crippen LogP contribution < -0.4 is 5.32 Å². The number of aromatic nitrogens is 1. The zero-order valence-electron chi connectivity index (χ0n) is 12.3. The minimum atomic E-state index is 0.259. The molecule has 1 aromatic heterocycles. The van der Waals surface area contributed by atoms with Crippen molar-refractivity contribution in [1.82, 2.24) is 9.88 Å². The fourth-order valence-electron chi connectivity index (χ4n) is 2.65. The predicted molar refractivity (Wildman–Crippen MR) is 87.7 cm³/mol. The van der Waals surface area contributed by atoms with Crippen molar-refractivity contribution in [3.05, 3.63) is 58.9 Å². The third-order valence-electron chi connectivity index (χ3n) is 3.76. The van der Waals surface area contributed by atoms with Gasteiger partial charge in [-0.05, 0) is 29.7 Å². The van der Waals surface area contributed by atoms with E-state index in [1.807, 2.05) is 17.0 Å². The summed E-state index contributed by atoms with van der Waals surface area (Å²) in [6.07, 6.45) is 3.34. The number of hydrogen-bond acceptors (Lipinski definition) is 3. The van der Waals surface area contributed by atoms with Crippen LogP contribution in [-0.4, -0.2) is 22.3 Å². The molecule has 4 nitrogen and oxygen atoms in total. The van der Waals surface area contributed by atoms with Crippen LogP contribution in [-0.2, 0) is 17.9 Å². The second-order valence-corrected chi connectivity index (χ2v) is 5.85. The molecule has 1 amide bonds. The Hall–Kier alpha value is -2.07. The van der Waals surface area contributed by atoms with Gasteiger partial charge in [0.05, 0.1) is 0 Å². The van der Waals surface area contributed by atoms with E-state index in [2.05, 4.69) is 28.5 Å². The van der Waals surface area contributed by atoms with Gasteiger partial charge in [0.2, 0.25) is 5.91 Å². The molecule has 0 radical (unpaired) electrons. The van der Waals surface area contributed by atoms with Gasteiger partial charge < -0.3 is 10.2 Å². The lowest BCUT2D eigenvalue weighted by Gasteiger charge is -2.16. The van der Waals surface area contributed by atoms with Crippen molar-refractivity contribution in [3.8, 4) is 0 Å². The number of carbonyl (C=O) groups excluding carboxylic acids is 1. The van der Waals surface area contributed by atoms with Crippen molar-refractivity contribution in [2.24, 2.45) is 0 Å². The highest BCUT2D eigenvalue weighted by atomic mass is 35.5. The molecule has 22 heavy (non-hydrogen) atoms. The lowest BCUT2D eigenvalue weighted by atomic mass is 10.1. The van der Waals surface area contributed by atoms with Gasteiger partial charge in [-0.25, -0.2) is 4.98 Å². The lowest BCUT2D eigenvalue weighted by Crippen LogP contribution is -2.23. The van der Waals surface area contributed by atoms with Crippen molar-refractivity contribution in [3.63, 3.8) is 0 Å². The number of anilines is 1. The lowest BCUT2D eigenvalue weighted by molar-refractivity contribution is -0.128. The summed E-state index contributed by atoms with van der Waals surface area (Å²) in [5.41, 5.74) is 3.29. The summed E-state index contributed by atoms with van der Waals surface area (Å²) in [4.78, 5) is 17.6. The van der Waals surface area contributed by atoms with E-state index in [1.165, 1.54) is 11.1 Å². The summed E-state index contributed by atoms with van der Waals surface area (Å²) in [5, 5.41) is 3.80. The molecule has 0 bridgehead atoms. The Labute approximate surface area is 135 Å². The Bertz CT molecular complexity index is 674. The first kappa shape index (κ1) is 14.9. The fraction of sp³-hybridized carbons (Fsp3) is 0.294. The molecule has 3 rings (SSSR count). The number of nitrogens with one attached hydrogen (secondary N) is 1. The molecule has 0 aliphatic carbocycles. The molecule has 114 valence electrons. The van der Waals surface area contributed by atoms with E-state index in [9.17, 15) is 4.79 Å². The average molecular weight is 316 g/mol. The Morgan fingerprint density at radius 2 is 2.09 bits per heavy atom. The SMILES string of the molecule is O=C1CCCN1Cc1cccc(CNc2ccnc(Cl)c2)c1. The molecule has 0 atom stereocenters. The van der Waals surface area contributed by atoms with Crippen LogP contribution in [0.1, 0.15) is 24.0 Å². The number of benzene rings is 1. The molecule has 5 heteroatoms. The van der Waals surface area contributed by atoms with Crippen molar-refractivity contribution < 1.29 is 4.79 Å². The molecule has 1 fully saturated rings. The molecule has 1 N–H and O–H groups in total. The van der Waals surface area contributed by atoms with E-state index >= 15 is 0 Å². The monoisotopic (exact) mass is 315 g/mol. The van der Waals surface area contributed by atoms with Crippen LogP contribution in [0, 0.1) is 0 Å². The van der Waals surface area contributed by atoms with Gasteiger partial charge >= 0.3 is 0 Å². The first-order valence-electron chi connectivity index (χ1n) is 7.42. The number of carbonyl (C=O) groups is 1. The highest BCUT2D eigenvalue weighted by Gasteiger charge is 2.19.